The van der Waals surface area contributed by atoms with E-state index in [-0.39, 0.29) is 12.1 Å². The van der Waals surface area contributed by atoms with Crippen LogP contribution in [0.4, 0.5) is 0 Å². The van der Waals surface area contributed by atoms with Crippen molar-refractivity contribution in [3.05, 3.63) is 0 Å². The Hall–Kier alpha value is -0.220. The summed E-state index contributed by atoms with van der Waals surface area (Å²) >= 11 is 1.76. The Morgan fingerprint density at radius 1 is 1.73 bits per heavy atom. The lowest BCUT2D eigenvalue weighted by Gasteiger charge is -2.07. The van der Waals surface area contributed by atoms with E-state index in [0.29, 0.717) is 6.42 Å². The first-order valence-electron chi connectivity index (χ1n) is 3.79. The van der Waals surface area contributed by atoms with E-state index in [1.807, 2.05) is 0 Å². The molecule has 0 saturated heterocycles. The van der Waals surface area contributed by atoms with Gasteiger partial charge in [-0.15, -0.1) is 0 Å². The molecular weight excluding hydrogens is 160 g/mol. The molecule has 0 aromatic heterocycles. The third kappa shape index (κ3) is 7.68. The maximum Gasteiger partial charge on any atom is 0.222 e. The highest BCUT2D eigenvalue weighted by atomic mass is 32.2. The van der Waals surface area contributed by atoms with Crippen LogP contribution in [0.15, 0.2) is 0 Å². The third-order valence-electron chi connectivity index (χ3n) is 1.07. The molecule has 11 heavy (non-hydrogen) atoms. The summed E-state index contributed by atoms with van der Waals surface area (Å²) in [6.07, 6.45) is 0.342. The molecule has 1 unspecified atom stereocenters. The number of carbonyl (C=O) groups excluding carboxylic acids is 1. The van der Waals surface area contributed by atoms with Crippen molar-refractivity contribution in [2.24, 2.45) is 5.73 Å². The number of nitrogens with two attached hydrogens (primary N) is 1. The molecule has 0 aromatic carbocycles. The second-order valence-corrected chi connectivity index (χ2v) is 3.70. The lowest BCUT2D eigenvalue weighted by molar-refractivity contribution is -0.121. The van der Waals surface area contributed by atoms with Gasteiger partial charge in [0.15, 0.2) is 0 Å². The van der Waals surface area contributed by atoms with Gasteiger partial charge in [0, 0.05) is 12.2 Å². The number of amides is 1. The highest BCUT2D eigenvalue weighted by molar-refractivity contribution is 7.99. The lowest BCUT2D eigenvalue weighted by atomic mass is 10.4. The van der Waals surface area contributed by atoms with Gasteiger partial charge < -0.3 is 11.1 Å². The van der Waals surface area contributed by atoms with Crippen LogP contribution in [0.3, 0.4) is 0 Å². The molecular formula is C7H16N2OS. The molecule has 1 atom stereocenters. The zero-order valence-electron chi connectivity index (χ0n) is 7.09. The van der Waals surface area contributed by atoms with Crippen LogP contribution < -0.4 is 11.1 Å². The average Bonchev–Trinajstić information content (AvgIpc) is 1.86. The molecule has 0 heterocycles. The van der Waals surface area contributed by atoms with Gasteiger partial charge in [0.1, 0.15) is 0 Å². The normalized spacial score (nSPS) is 12.6. The highest BCUT2D eigenvalue weighted by Gasteiger charge is 2.01. The average molecular weight is 176 g/mol. The Balaban J connectivity index is 3.23. The van der Waals surface area contributed by atoms with Crippen molar-refractivity contribution >= 4 is 17.7 Å². The molecule has 4 heteroatoms. The number of rotatable bonds is 5. The van der Waals surface area contributed by atoms with E-state index >= 15 is 0 Å². The number of thioether (sulfide) groups is 1. The SMILES string of the molecule is CCSCCC(=O)NC(C)N. The summed E-state index contributed by atoms with van der Waals surface area (Å²) in [5.41, 5.74) is 5.36. The monoisotopic (exact) mass is 176 g/mol. The van der Waals surface area contributed by atoms with Crippen LogP contribution in [0, 0.1) is 0 Å². The van der Waals surface area contributed by atoms with Crippen molar-refractivity contribution in [1.82, 2.24) is 5.32 Å². The Kier molecular flexibility index (Phi) is 6.36. The summed E-state index contributed by atoms with van der Waals surface area (Å²) in [6.45, 7) is 3.83. The standard InChI is InChI=1S/C7H16N2OS/c1-3-11-5-4-7(10)9-6(2)8/h6H,3-5,8H2,1-2H3,(H,9,10). The predicted molar refractivity (Wildman–Crippen MR) is 49.4 cm³/mol. The van der Waals surface area contributed by atoms with Crippen molar-refractivity contribution in [2.75, 3.05) is 11.5 Å². The van der Waals surface area contributed by atoms with E-state index in [4.69, 9.17) is 5.73 Å². The van der Waals surface area contributed by atoms with Gasteiger partial charge >= 0.3 is 0 Å². The molecule has 0 aromatic rings. The first-order valence-corrected chi connectivity index (χ1v) is 4.95. The summed E-state index contributed by atoms with van der Waals surface area (Å²) in [6, 6.07) is 0. The van der Waals surface area contributed by atoms with Gasteiger partial charge in [0.25, 0.3) is 0 Å². The number of hydrogen-bond acceptors (Lipinski definition) is 3. The Morgan fingerprint density at radius 3 is 2.82 bits per heavy atom. The van der Waals surface area contributed by atoms with Crippen LogP contribution in [0.5, 0.6) is 0 Å². The highest BCUT2D eigenvalue weighted by Crippen LogP contribution is 2.00. The largest absolute Gasteiger partial charge is 0.341 e. The molecule has 3 N–H and O–H groups in total. The third-order valence-corrected chi connectivity index (χ3v) is 1.97. The number of nitrogens with one attached hydrogen (secondary N) is 1. The van der Waals surface area contributed by atoms with E-state index in [1.54, 1.807) is 18.7 Å². The second-order valence-electron chi connectivity index (χ2n) is 2.30. The Bertz CT molecular complexity index is 117. The lowest BCUT2D eigenvalue weighted by Crippen LogP contribution is -2.38. The topological polar surface area (TPSA) is 55.1 Å². The van der Waals surface area contributed by atoms with Crippen molar-refractivity contribution in [1.29, 1.82) is 0 Å². The van der Waals surface area contributed by atoms with Crippen LogP contribution in [0.2, 0.25) is 0 Å². The zero-order chi connectivity index (χ0) is 8.69. The zero-order valence-corrected chi connectivity index (χ0v) is 7.91. The summed E-state index contributed by atoms with van der Waals surface area (Å²) in [5.74, 6) is 1.99. The fraction of sp³-hybridized carbons (Fsp3) is 0.857. The first kappa shape index (κ1) is 10.8. The van der Waals surface area contributed by atoms with Gasteiger partial charge in [-0.3, -0.25) is 4.79 Å². The quantitative estimate of drug-likeness (QED) is 0.475. The molecule has 0 radical (unpaired) electrons. The number of carbonyl (C=O) groups is 1. The van der Waals surface area contributed by atoms with Gasteiger partial charge in [0.2, 0.25) is 5.91 Å². The fourth-order valence-electron chi connectivity index (χ4n) is 0.635. The minimum absolute atomic E-state index is 0.0425. The molecule has 0 bridgehead atoms. The van der Waals surface area contributed by atoms with Crippen LogP contribution >= 0.6 is 11.8 Å². The molecule has 1 amide bonds. The molecule has 0 spiro atoms. The Morgan fingerprint density at radius 2 is 2.36 bits per heavy atom. The summed E-state index contributed by atoms with van der Waals surface area (Å²) in [5, 5.41) is 2.63. The molecule has 66 valence electrons. The molecule has 0 saturated carbocycles. The predicted octanol–water partition coefficient (Wildman–Crippen LogP) is 0.550. The van der Waals surface area contributed by atoms with E-state index in [1.165, 1.54) is 0 Å². The van der Waals surface area contributed by atoms with Crippen molar-refractivity contribution in [3.8, 4) is 0 Å². The van der Waals surface area contributed by atoms with Gasteiger partial charge in [0.05, 0.1) is 6.17 Å². The smallest absolute Gasteiger partial charge is 0.222 e. The van der Waals surface area contributed by atoms with E-state index < -0.39 is 0 Å². The van der Waals surface area contributed by atoms with E-state index in [2.05, 4.69) is 12.2 Å². The van der Waals surface area contributed by atoms with Crippen LogP contribution in [-0.2, 0) is 4.79 Å². The van der Waals surface area contributed by atoms with Crippen molar-refractivity contribution in [3.63, 3.8) is 0 Å². The second kappa shape index (κ2) is 6.49. The van der Waals surface area contributed by atoms with Crippen molar-refractivity contribution < 1.29 is 4.79 Å². The molecule has 0 rings (SSSR count). The summed E-state index contributed by atoms with van der Waals surface area (Å²) < 4.78 is 0. The maximum absolute atomic E-state index is 10.9. The molecule has 0 aliphatic carbocycles. The minimum Gasteiger partial charge on any atom is -0.341 e. The summed E-state index contributed by atoms with van der Waals surface area (Å²) in [7, 11) is 0. The van der Waals surface area contributed by atoms with Gasteiger partial charge in [-0.1, -0.05) is 6.92 Å². The molecule has 0 fully saturated rings. The van der Waals surface area contributed by atoms with Gasteiger partial charge in [-0.05, 0) is 12.7 Å². The van der Waals surface area contributed by atoms with E-state index in [9.17, 15) is 4.79 Å². The first-order chi connectivity index (χ1) is 5.16. The van der Waals surface area contributed by atoms with Crippen LogP contribution in [-0.4, -0.2) is 23.6 Å². The van der Waals surface area contributed by atoms with Crippen LogP contribution in [0.25, 0.3) is 0 Å². The van der Waals surface area contributed by atoms with Gasteiger partial charge in [-0.25, -0.2) is 0 Å². The number of hydrogen-bond donors (Lipinski definition) is 2. The maximum atomic E-state index is 10.9. The fourth-order valence-corrected chi connectivity index (χ4v) is 1.25. The minimum atomic E-state index is -0.228. The van der Waals surface area contributed by atoms with Crippen LogP contribution in [0.1, 0.15) is 20.3 Å². The Labute approximate surface area is 72.1 Å². The summed E-state index contributed by atoms with van der Waals surface area (Å²) in [4.78, 5) is 10.9. The molecule has 0 aliphatic heterocycles. The van der Waals surface area contributed by atoms with Gasteiger partial charge in [-0.2, -0.15) is 11.8 Å². The molecule has 0 aliphatic rings. The van der Waals surface area contributed by atoms with Crippen molar-refractivity contribution in [2.45, 2.75) is 26.4 Å². The molecule has 3 nitrogen and oxygen atoms in total. The van der Waals surface area contributed by atoms with E-state index in [0.717, 1.165) is 11.5 Å².